The minimum Gasteiger partial charge on any atom is -0.338 e. The normalized spacial score (nSPS) is 17.8. The van der Waals surface area contributed by atoms with Crippen LogP contribution in [0.1, 0.15) is 30.4 Å². The molecular weight excluding hydrogens is 346 g/mol. The van der Waals surface area contributed by atoms with E-state index in [4.69, 9.17) is 0 Å². The molecule has 3 rings (SSSR count). The second kappa shape index (κ2) is 8.89. The maximum atomic E-state index is 13.5. The van der Waals surface area contributed by atoms with E-state index < -0.39 is 0 Å². The van der Waals surface area contributed by atoms with E-state index in [2.05, 4.69) is 79.8 Å². The third-order valence-corrected chi connectivity index (χ3v) is 6.28. The van der Waals surface area contributed by atoms with Gasteiger partial charge < -0.3 is 10.2 Å². The number of nitrogens with zero attached hydrogens (tertiary/aromatic N) is 2. The van der Waals surface area contributed by atoms with Crippen LogP contribution in [0.5, 0.6) is 0 Å². The lowest BCUT2D eigenvalue weighted by molar-refractivity contribution is -0.150. The quantitative estimate of drug-likeness (QED) is 0.764. The van der Waals surface area contributed by atoms with Crippen LogP contribution in [0.2, 0.25) is 0 Å². The van der Waals surface area contributed by atoms with E-state index in [1.807, 2.05) is 24.1 Å². The second-order valence-corrected chi connectivity index (χ2v) is 8.08. The van der Waals surface area contributed by atoms with Crippen LogP contribution in [0.4, 0.5) is 0 Å². The highest BCUT2D eigenvalue weighted by Crippen LogP contribution is 2.39. The van der Waals surface area contributed by atoms with Crippen molar-refractivity contribution in [3.63, 3.8) is 0 Å². The summed E-state index contributed by atoms with van der Waals surface area (Å²) in [7, 11) is 6.15. The average molecular weight is 380 g/mol. The van der Waals surface area contributed by atoms with Gasteiger partial charge in [-0.05, 0) is 44.6 Å². The van der Waals surface area contributed by atoms with Gasteiger partial charge in [-0.2, -0.15) is 0 Å². The van der Waals surface area contributed by atoms with Crippen molar-refractivity contribution in [2.24, 2.45) is 5.92 Å². The van der Waals surface area contributed by atoms with Crippen LogP contribution >= 0.6 is 0 Å². The Kier molecular flexibility index (Phi) is 6.53. The monoisotopic (exact) mass is 379 g/mol. The lowest BCUT2D eigenvalue weighted by atomic mass is 9.78. The van der Waals surface area contributed by atoms with Crippen LogP contribution in [0.15, 0.2) is 60.7 Å². The van der Waals surface area contributed by atoms with Gasteiger partial charge in [0.1, 0.15) is 0 Å². The molecule has 28 heavy (non-hydrogen) atoms. The fourth-order valence-corrected chi connectivity index (χ4v) is 4.52. The van der Waals surface area contributed by atoms with Crippen molar-refractivity contribution < 1.29 is 4.79 Å². The Hall–Kier alpha value is -2.17. The highest BCUT2D eigenvalue weighted by molar-refractivity contribution is 5.81. The Morgan fingerprint density at radius 2 is 1.64 bits per heavy atom. The zero-order valence-corrected chi connectivity index (χ0v) is 17.6. The molecule has 4 nitrogen and oxygen atoms in total. The van der Waals surface area contributed by atoms with Gasteiger partial charge in [0.2, 0.25) is 5.91 Å². The predicted molar refractivity (Wildman–Crippen MR) is 115 cm³/mol. The Bertz CT molecular complexity index is 754. The molecule has 2 unspecified atom stereocenters. The SMILES string of the molecule is CCC(c1ccccc1)C(CNC)C(=O)N1CC(c2ccccc2)(N(C)C)C1. The molecule has 150 valence electrons. The molecule has 2 atom stereocenters. The maximum Gasteiger partial charge on any atom is 0.227 e. The van der Waals surface area contributed by atoms with Crippen LogP contribution in [-0.2, 0) is 10.3 Å². The van der Waals surface area contributed by atoms with E-state index in [0.29, 0.717) is 6.54 Å². The fraction of sp³-hybridized carbons (Fsp3) is 0.458. The van der Waals surface area contributed by atoms with Gasteiger partial charge >= 0.3 is 0 Å². The van der Waals surface area contributed by atoms with Crippen molar-refractivity contribution in [3.8, 4) is 0 Å². The van der Waals surface area contributed by atoms with Gasteiger partial charge in [0, 0.05) is 19.6 Å². The summed E-state index contributed by atoms with van der Waals surface area (Å²) in [5.74, 6) is 0.444. The zero-order valence-electron chi connectivity index (χ0n) is 17.6. The lowest BCUT2D eigenvalue weighted by Crippen LogP contribution is -2.68. The van der Waals surface area contributed by atoms with Crippen LogP contribution in [-0.4, -0.2) is 56.5 Å². The van der Waals surface area contributed by atoms with Crippen molar-refractivity contribution >= 4 is 5.91 Å². The standard InChI is InChI=1S/C24H33N3O/c1-5-21(19-12-8-6-9-13-19)22(16-25-2)23(28)27-17-24(18-27,26(3)4)20-14-10-7-11-15-20/h6-15,21-22,25H,5,16-18H2,1-4H3. The lowest BCUT2D eigenvalue weighted by Gasteiger charge is -2.55. The van der Waals surface area contributed by atoms with Gasteiger partial charge in [-0.3, -0.25) is 9.69 Å². The molecule has 1 fully saturated rings. The first-order valence-corrected chi connectivity index (χ1v) is 10.2. The summed E-state index contributed by atoms with van der Waals surface area (Å²) in [5.41, 5.74) is 2.45. The number of nitrogens with one attached hydrogen (secondary N) is 1. The van der Waals surface area contributed by atoms with Gasteiger partial charge in [0.25, 0.3) is 0 Å². The molecule has 1 N–H and O–H groups in total. The summed E-state index contributed by atoms with van der Waals surface area (Å²) in [6.07, 6.45) is 0.952. The van der Waals surface area contributed by atoms with Crippen molar-refractivity contribution in [2.45, 2.75) is 24.8 Å². The van der Waals surface area contributed by atoms with E-state index in [1.165, 1.54) is 11.1 Å². The summed E-state index contributed by atoms with van der Waals surface area (Å²) in [5, 5.41) is 3.25. The Morgan fingerprint density at radius 1 is 1.07 bits per heavy atom. The number of likely N-dealkylation sites (N-methyl/N-ethyl adjacent to an activating group) is 1. The molecule has 1 saturated heterocycles. The molecular formula is C24H33N3O. The average Bonchev–Trinajstić information content (AvgIpc) is 2.68. The molecule has 1 heterocycles. The van der Waals surface area contributed by atoms with Crippen LogP contribution in [0, 0.1) is 5.92 Å². The minimum atomic E-state index is -0.0877. The van der Waals surface area contributed by atoms with Gasteiger partial charge in [-0.25, -0.2) is 0 Å². The number of amides is 1. The maximum absolute atomic E-state index is 13.5. The first-order chi connectivity index (χ1) is 13.5. The number of hydrogen-bond donors (Lipinski definition) is 1. The van der Waals surface area contributed by atoms with E-state index in [-0.39, 0.29) is 23.3 Å². The molecule has 2 aromatic carbocycles. The van der Waals surface area contributed by atoms with Crippen molar-refractivity contribution in [1.29, 1.82) is 0 Å². The summed E-state index contributed by atoms with van der Waals surface area (Å²) in [4.78, 5) is 17.8. The highest BCUT2D eigenvalue weighted by Gasteiger charge is 2.49. The Labute approximate surface area is 169 Å². The molecule has 2 aromatic rings. The van der Waals surface area contributed by atoms with Crippen molar-refractivity contribution in [2.75, 3.05) is 40.8 Å². The van der Waals surface area contributed by atoms with Gasteiger partial charge in [0.15, 0.2) is 0 Å². The van der Waals surface area contributed by atoms with E-state index in [9.17, 15) is 4.79 Å². The predicted octanol–water partition coefficient (Wildman–Crippen LogP) is 3.32. The van der Waals surface area contributed by atoms with Crippen molar-refractivity contribution in [3.05, 3.63) is 71.8 Å². The molecule has 1 amide bonds. The molecule has 1 aliphatic heterocycles. The van der Waals surface area contributed by atoms with E-state index in [1.54, 1.807) is 0 Å². The smallest absolute Gasteiger partial charge is 0.227 e. The molecule has 1 aliphatic rings. The molecule has 0 radical (unpaired) electrons. The first kappa shape index (κ1) is 20.6. The number of benzene rings is 2. The molecule has 0 bridgehead atoms. The number of carbonyl (C=O) groups excluding carboxylic acids is 1. The highest BCUT2D eigenvalue weighted by atomic mass is 16.2. The zero-order chi connectivity index (χ0) is 20.1. The molecule has 4 heteroatoms. The van der Waals surface area contributed by atoms with Crippen LogP contribution in [0.3, 0.4) is 0 Å². The summed E-state index contributed by atoms with van der Waals surface area (Å²) in [6.45, 7) is 4.36. The topological polar surface area (TPSA) is 35.6 Å². The van der Waals surface area contributed by atoms with Crippen molar-refractivity contribution in [1.82, 2.24) is 15.1 Å². The van der Waals surface area contributed by atoms with Gasteiger partial charge in [0.05, 0.1) is 11.5 Å². The van der Waals surface area contributed by atoms with E-state index in [0.717, 1.165) is 19.5 Å². The number of hydrogen-bond acceptors (Lipinski definition) is 3. The van der Waals surface area contributed by atoms with Gasteiger partial charge in [-0.15, -0.1) is 0 Å². The first-order valence-electron chi connectivity index (χ1n) is 10.2. The molecule has 0 spiro atoms. The molecule has 0 aliphatic carbocycles. The Morgan fingerprint density at radius 3 is 2.14 bits per heavy atom. The summed E-state index contributed by atoms with van der Waals surface area (Å²) >= 11 is 0. The number of likely N-dealkylation sites (tertiary alicyclic amines) is 1. The van der Waals surface area contributed by atoms with E-state index >= 15 is 0 Å². The fourth-order valence-electron chi connectivity index (χ4n) is 4.52. The summed E-state index contributed by atoms with van der Waals surface area (Å²) in [6, 6.07) is 21.0. The summed E-state index contributed by atoms with van der Waals surface area (Å²) < 4.78 is 0. The number of carbonyl (C=O) groups is 1. The third kappa shape index (κ3) is 3.85. The minimum absolute atomic E-state index is 0.0478. The molecule has 0 saturated carbocycles. The van der Waals surface area contributed by atoms with Crippen LogP contribution < -0.4 is 5.32 Å². The number of rotatable bonds is 8. The molecule has 0 aromatic heterocycles. The Balaban J connectivity index is 1.80. The second-order valence-electron chi connectivity index (χ2n) is 8.08. The largest absolute Gasteiger partial charge is 0.338 e. The third-order valence-electron chi connectivity index (χ3n) is 6.28. The van der Waals surface area contributed by atoms with Gasteiger partial charge in [-0.1, -0.05) is 67.6 Å². The van der Waals surface area contributed by atoms with Crippen LogP contribution in [0.25, 0.3) is 0 Å².